The Morgan fingerprint density at radius 1 is 0.784 bits per heavy atom. The molecule has 0 aromatic heterocycles. The maximum absolute atomic E-state index is 14.9. The molecule has 37 heavy (non-hydrogen) atoms. The fourth-order valence-electron chi connectivity index (χ4n) is 4.08. The summed E-state index contributed by atoms with van der Waals surface area (Å²) < 4.78 is 106. The SMILES string of the molecule is CCCCCc1ccc(-c2cc(F)c(C(F)(F)Oc3ccc4c(F)c(I)c(F)cc4c3)c(F)c2)c(F)c1. The molecular weight excluding hydrogens is 612 g/mol. The third kappa shape index (κ3) is 5.71. The van der Waals surface area contributed by atoms with E-state index in [2.05, 4.69) is 4.74 Å². The van der Waals surface area contributed by atoms with Gasteiger partial charge in [-0.3, -0.25) is 0 Å². The summed E-state index contributed by atoms with van der Waals surface area (Å²) in [6.07, 6.45) is -1.00. The van der Waals surface area contributed by atoms with Gasteiger partial charge in [0.1, 0.15) is 40.4 Å². The topological polar surface area (TPSA) is 9.23 Å². The van der Waals surface area contributed by atoms with Gasteiger partial charge in [0.05, 0.1) is 3.57 Å². The zero-order valence-electron chi connectivity index (χ0n) is 19.5. The summed E-state index contributed by atoms with van der Waals surface area (Å²) in [7, 11) is 0. The van der Waals surface area contributed by atoms with E-state index in [0.717, 1.165) is 49.1 Å². The lowest BCUT2D eigenvalue weighted by Gasteiger charge is -2.20. The smallest absolute Gasteiger partial charge is 0.429 e. The van der Waals surface area contributed by atoms with Crippen molar-refractivity contribution in [3.63, 3.8) is 0 Å². The lowest BCUT2D eigenvalue weighted by atomic mass is 9.99. The fraction of sp³-hybridized carbons (Fsp3) is 0.214. The van der Waals surface area contributed by atoms with Gasteiger partial charge in [-0.15, -0.1) is 0 Å². The lowest BCUT2D eigenvalue weighted by Crippen LogP contribution is -2.25. The number of aryl methyl sites for hydroxylation is 1. The molecule has 0 aliphatic rings. The van der Waals surface area contributed by atoms with Gasteiger partial charge in [-0.05, 0) is 94.4 Å². The summed E-state index contributed by atoms with van der Waals surface area (Å²) in [5.74, 6) is -6.34. The van der Waals surface area contributed by atoms with Crippen LogP contribution in [0.5, 0.6) is 5.75 Å². The number of halogens is 8. The predicted octanol–water partition coefficient (Wildman–Crippen LogP) is 9.67. The van der Waals surface area contributed by atoms with E-state index in [4.69, 9.17) is 0 Å². The van der Waals surface area contributed by atoms with Crippen molar-refractivity contribution in [3.8, 4) is 16.9 Å². The van der Waals surface area contributed by atoms with Gasteiger partial charge in [-0.25, -0.2) is 22.0 Å². The largest absolute Gasteiger partial charge is 0.432 e. The molecular formula is C28H20F7IO. The van der Waals surface area contributed by atoms with Gasteiger partial charge < -0.3 is 4.74 Å². The van der Waals surface area contributed by atoms with E-state index in [0.29, 0.717) is 18.6 Å². The van der Waals surface area contributed by atoms with E-state index >= 15 is 0 Å². The van der Waals surface area contributed by atoms with E-state index in [-0.39, 0.29) is 25.5 Å². The maximum atomic E-state index is 14.9. The molecule has 0 N–H and O–H groups in total. The summed E-state index contributed by atoms with van der Waals surface area (Å²) in [6.45, 7) is 2.04. The van der Waals surface area contributed by atoms with Crippen molar-refractivity contribution < 1.29 is 35.5 Å². The summed E-state index contributed by atoms with van der Waals surface area (Å²) in [5.41, 5.74) is -1.34. The summed E-state index contributed by atoms with van der Waals surface area (Å²) in [4.78, 5) is 0. The van der Waals surface area contributed by atoms with E-state index in [1.165, 1.54) is 34.7 Å². The minimum Gasteiger partial charge on any atom is -0.429 e. The molecule has 0 saturated carbocycles. The first-order valence-corrected chi connectivity index (χ1v) is 12.5. The molecule has 0 amide bonds. The Bertz CT molecular complexity index is 1450. The second kappa shape index (κ2) is 10.9. The Morgan fingerprint density at radius 2 is 1.49 bits per heavy atom. The number of alkyl halides is 2. The van der Waals surface area contributed by atoms with Crippen LogP contribution in [0.4, 0.5) is 30.7 Å². The van der Waals surface area contributed by atoms with Crippen LogP contribution in [-0.4, -0.2) is 0 Å². The van der Waals surface area contributed by atoms with Crippen LogP contribution in [-0.2, 0) is 12.5 Å². The number of rotatable bonds is 8. The quantitative estimate of drug-likeness (QED) is 0.0814. The monoisotopic (exact) mass is 632 g/mol. The third-order valence-electron chi connectivity index (χ3n) is 5.94. The first-order valence-electron chi connectivity index (χ1n) is 11.4. The second-order valence-corrected chi connectivity index (χ2v) is 9.65. The van der Waals surface area contributed by atoms with Crippen molar-refractivity contribution in [3.05, 3.63) is 98.4 Å². The molecule has 1 nitrogen and oxygen atoms in total. The van der Waals surface area contributed by atoms with Gasteiger partial charge in [0.15, 0.2) is 0 Å². The fourth-order valence-corrected chi connectivity index (χ4v) is 4.53. The molecule has 0 saturated heterocycles. The van der Waals surface area contributed by atoms with Gasteiger partial charge in [-0.1, -0.05) is 31.9 Å². The molecule has 0 bridgehead atoms. The zero-order valence-corrected chi connectivity index (χ0v) is 21.6. The molecule has 0 aliphatic heterocycles. The highest BCUT2D eigenvalue weighted by molar-refractivity contribution is 14.1. The molecule has 194 valence electrons. The third-order valence-corrected chi connectivity index (χ3v) is 6.93. The van der Waals surface area contributed by atoms with Crippen molar-refractivity contribution in [2.24, 2.45) is 0 Å². The number of ether oxygens (including phenoxy) is 1. The average Bonchev–Trinajstić information content (AvgIpc) is 2.82. The predicted molar refractivity (Wildman–Crippen MR) is 136 cm³/mol. The zero-order chi connectivity index (χ0) is 26.9. The molecule has 4 aromatic rings. The summed E-state index contributed by atoms with van der Waals surface area (Å²) >= 11 is 1.47. The second-order valence-electron chi connectivity index (χ2n) is 8.57. The van der Waals surface area contributed by atoms with E-state index < -0.39 is 46.5 Å². The van der Waals surface area contributed by atoms with Gasteiger partial charge in [0.25, 0.3) is 0 Å². The minimum absolute atomic E-state index is 0.0402. The summed E-state index contributed by atoms with van der Waals surface area (Å²) in [5, 5.41) is -0.116. The van der Waals surface area contributed by atoms with Gasteiger partial charge in [0, 0.05) is 10.9 Å². The van der Waals surface area contributed by atoms with Crippen molar-refractivity contribution >= 4 is 33.4 Å². The molecule has 0 atom stereocenters. The van der Waals surface area contributed by atoms with Gasteiger partial charge in [-0.2, -0.15) is 8.78 Å². The van der Waals surface area contributed by atoms with Crippen LogP contribution in [0.3, 0.4) is 0 Å². The van der Waals surface area contributed by atoms with Crippen molar-refractivity contribution in [2.75, 3.05) is 0 Å². The van der Waals surface area contributed by atoms with Gasteiger partial charge >= 0.3 is 6.11 Å². The molecule has 9 heteroatoms. The normalized spacial score (nSPS) is 11.8. The van der Waals surface area contributed by atoms with Crippen LogP contribution in [0.25, 0.3) is 21.9 Å². The van der Waals surface area contributed by atoms with E-state index in [1.54, 1.807) is 6.07 Å². The van der Waals surface area contributed by atoms with E-state index in [1.807, 2.05) is 6.92 Å². The standard InChI is InChI=1S/C28H20F7IO/c1-2-3-4-5-15-6-8-19(21(29)10-15)17-12-22(30)25(23(31)13-17)28(34,35)37-18-7-9-20-16(11-18)14-24(32)27(36)26(20)33/h6-14H,2-5H2,1H3. The molecule has 4 aromatic carbocycles. The average molecular weight is 632 g/mol. The Hall–Kier alpha value is -2.82. The molecule has 0 fully saturated rings. The Morgan fingerprint density at radius 3 is 2.14 bits per heavy atom. The van der Waals surface area contributed by atoms with Crippen LogP contribution in [0, 0.1) is 32.7 Å². The minimum atomic E-state index is -4.48. The number of fused-ring (bicyclic) bond motifs is 1. The number of hydrogen-bond donors (Lipinski definition) is 0. The number of hydrogen-bond acceptors (Lipinski definition) is 1. The molecule has 0 radical (unpaired) electrons. The van der Waals surface area contributed by atoms with E-state index in [9.17, 15) is 30.7 Å². The Kier molecular flexibility index (Phi) is 8.01. The highest BCUT2D eigenvalue weighted by Crippen LogP contribution is 2.38. The van der Waals surface area contributed by atoms with Crippen molar-refractivity contribution in [2.45, 2.75) is 38.7 Å². The highest BCUT2D eigenvalue weighted by Gasteiger charge is 2.41. The Labute approximate surface area is 222 Å². The summed E-state index contributed by atoms with van der Waals surface area (Å²) in [6, 6.07) is 9.42. The van der Waals surface area contributed by atoms with Crippen molar-refractivity contribution in [1.29, 1.82) is 0 Å². The van der Waals surface area contributed by atoms with Crippen LogP contribution in [0.1, 0.15) is 37.3 Å². The Balaban J connectivity index is 1.63. The van der Waals surface area contributed by atoms with Crippen LogP contribution < -0.4 is 4.74 Å². The highest BCUT2D eigenvalue weighted by atomic mass is 127. The van der Waals surface area contributed by atoms with Crippen LogP contribution in [0.15, 0.2) is 54.6 Å². The molecule has 0 spiro atoms. The van der Waals surface area contributed by atoms with Crippen LogP contribution >= 0.6 is 22.6 Å². The molecule has 0 heterocycles. The number of unbranched alkanes of at least 4 members (excludes halogenated alkanes) is 2. The lowest BCUT2D eigenvalue weighted by molar-refractivity contribution is -0.189. The van der Waals surface area contributed by atoms with Crippen molar-refractivity contribution in [1.82, 2.24) is 0 Å². The first kappa shape index (κ1) is 27.2. The number of benzene rings is 4. The first-order chi connectivity index (χ1) is 17.5. The molecule has 0 aliphatic carbocycles. The maximum Gasteiger partial charge on any atom is 0.432 e. The van der Waals surface area contributed by atoms with Gasteiger partial charge in [0.2, 0.25) is 0 Å². The molecule has 0 unspecified atom stereocenters. The molecule has 4 rings (SSSR count). The van der Waals surface area contributed by atoms with Crippen LogP contribution in [0.2, 0.25) is 0 Å².